The van der Waals surface area contributed by atoms with Gasteiger partial charge < -0.3 is 20.1 Å². The van der Waals surface area contributed by atoms with Crippen LogP contribution in [0.2, 0.25) is 5.02 Å². The van der Waals surface area contributed by atoms with Crippen LogP contribution in [-0.2, 0) is 12.4 Å². The quantitative estimate of drug-likeness (QED) is 0.446. The fourth-order valence-corrected chi connectivity index (χ4v) is 4.28. The van der Waals surface area contributed by atoms with Gasteiger partial charge in [-0.05, 0) is 54.8 Å². The summed E-state index contributed by atoms with van der Waals surface area (Å²) >= 11 is 7.84. The van der Waals surface area contributed by atoms with E-state index < -0.39 is 0 Å². The van der Waals surface area contributed by atoms with Gasteiger partial charge in [0.25, 0.3) is 0 Å². The van der Waals surface area contributed by atoms with Gasteiger partial charge in [-0.1, -0.05) is 29.4 Å². The normalized spacial score (nSPS) is 13.2. The molecule has 1 aromatic heterocycles. The number of aromatic nitrogens is 3. The lowest BCUT2D eigenvalue weighted by Gasteiger charge is -2.11. The number of nitrogens with zero attached hydrogens (tertiary/aromatic N) is 3. The summed E-state index contributed by atoms with van der Waals surface area (Å²) in [4.78, 5) is 0. The molecule has 2 heterocycles. The monoisotopic (exact) mass is 446 g/mol. The molecule has 3 aromatic rings. The Hall–Kier alpha value is -2.58. The third kappa shape index (κ3) is 4.76. The van der Waals surface area contributed by atoms with Crippen molar-refractivity contribution in [2.45, 2.75) is 37.8 Å². The standard InChI is InChI=1S/C21H23ClN4O3S/c1-13-6-14(2)8-16(7-13)29-11-19-24-25-21(26(19)23)30-12-15-9-17(22)20-18(10-15)27-4-3-5-28-20/h6-10H,3-5,11-12,23H2,1-2H3. The molecular formula is C21H23ClN4O3S. The van der Waals surface area contributed by atoms with Crippen molar-refractivity contribution in [2.24, 2.45) is 0 Å². The maximum absolute atomic E-state index is 6.37. The number of ether oxygens (including phenoxy) is 3. The summed E-state index contributed by atoms with van der Waals surface area (Å²) in [6.45, 7) is 5.52. The first-order chi connectivity index (χ1) is 14.5. The predicted molar refractivity (Wildman–Crippen MR) is 117 cm³/mol. The van der Waals surface area contributed by atoms with Crippen molar-refractivity contribution in [3.8, 4) is 17.2 Å². The molecule has 2 aromatic carbocycles. The molecule has 0 unspecified atom stereocenters. The third-order valence-corrected chi connectivity index (χ3v) is 5.82. The van der Waals surface area contributed by atoms with E-state index in [9.17, 15) is 0 Å². The Morgan fingerprint density at radius 3 is 2.67 bits per heavy atom. The van der Waals surface area contributed by atoms with Crippen LogP contribution in [0.25, 0.3) is 0 Å². The Kier molecular flexibility index (Phi) is 6.24. The molecule has 1 aliphatic heterocycles. The Bertz CT molecular complexity index is 1040. The van der Waals surface area contributed by atoms with Crippen molar-refractivity contribution < 1.29 is 14.2 Å². The van der Waals surface area contributed by atoms with E-state index in [0.717, 1.165) is 28.9 Å². The average Bonchev–Trinajstić information content (AvgIpc) is 2.88. The number of nitrogen functional groups attached to an aromatic ring is 1. The van der Waals surface area contributed by atoms with Gasteiger partial charge in [0.2, 0.25) is 5.16 Å². The molecule has 9 heteroatoms. The highest BCUT2D eigenvalue weighted by molar-refractivity contribution is 7.98. The van der Waals surface area contributed by atoms with E-state index in [1.165, 1.54) is 16.4 Å². The fourth-order valence-electron chi connectivity index (χ4n) is 3.18. The molecule has 0 saturated carbocycles. The third-order valence-electron chi connectivity index (χ3n) is 4.53. The van der Waals surface area contributed by atoms with Gasteiger partial charge in [-0.15, -0.1) is 10.2 Å². The highest BCUT2D eigenvalue weighted by Crippen LogP contribution is 2.39. The van der Waals surface area contributed by atoms with Gasteiger partial charge in [-0.3, -0.25) is 0 Å². The number of thioether (sulfide) groups is 1. The van der Waals surface area contributed by atoms with Crippen molar-refractivity contribution in [3.05, 3.63) is 57.9 Å². The smallest absolute Gasteiger partial charge is 0.210 e. The van der Waals surface area contributed by atoms with Crippen LogP contribution < -0.4 is 20.1 Å². The van der Waals surface area contributed by atoms with Crippen LogP contribution in [0.3, 0.4) is 0 Å². The van der Waals surface area contributed by atoms with Crippen molar-refractivity contribution in [3.63, 3.8) is 0 Å². The summed E-state index contributed by atoms with van der Waals surface area (Å²) in [7, 11) is 0. The highest BCUT2D eigenvalue weighted by atomic mass is 35.5. The molecule has 0 saturated heterocycles. The van der Waals surface area contributed by atoms with Gasteiger partial charge in [0.15, 0.2) is 17.3 Å². The maximum atomic E-state index is 6.37. The van der Waals surface area contributed by atoms with Gasteiger partial charge in [0, 0.05) is 12.2 Å². The first-order valence-electron chi connectivity index (χ1n) is 9.61. The molecule has 7 nitrogen and oxygen atoms in total. The van der Waals surface area contributed by atoms with Crippen molar-refractivity contribution in [1.82, 2.24) is 14.9 Å². The lowest BCUT2D eigenvalue weighted by Crippen LogP contribution is -2.15. The summed E-state index contributed by atoms with van der Waals surface area (Å²) < 4.78 is 18.7. The molecule has 0 radical (unpaired) electrons. The lowest BCUT2D eigenvalue weighted by molar-refractivity contribution is 0.291. The van der Waals surface area contributed by atoms with Crippen LogP contribution in [0.1, 0.15) is 28.9 Å². The molecule has 2 N–H and O–H groups in total. The van der Waals surface area contributed by atoms with Crippen molar-refractivity contribution >= 4 is 23.4 Å². The summed E-state index contributed by atoms with van der Waals surface area (Å²) in [5.74, 6) is 9.40. The second kappa shape index (κ2) is 9.06. The van der Waals surface area contributed by atoms with E-state index in [2.05, 4.69) is 16.3 Å². The Morgan fingerprint density at radius 2 is 1.87 bits per heavy atom. The number of hydrogen-bond acceptors (Lipinski definition) is 7. The average molecular weight is 447 g/mol. The van der Waals surface area contributed by atoms with Crippen LogP contribution in [0.4, 0.5) is 0 Å². The topological polar surface area (TPSA) is 84.4 Å². The molecule has 0 amide bonds. The molecule has 0 aliphatic carbocycles. The molecule has 4 rings (SSSR count). The largest absolute Gasteiger partial charge is 0.489 e. The van der Waals surface area contributed by atoms with Crippen LogP contribution in [0.15, 0.2) is 35.5 Å². The van der Waals surface area contributed by atoms with E-state index in [1.54, 1.807) is 0 Å². The lowest BCUT2D eigenvalue weighted by atomic mass is 10.1. The number of nitrogens with two attached hydrogens (primary N) is 1. The van der Waals surface area contributed by atoms with Gasteiger partial charge >= 0.3 is 0 Å². The first kappa shape index (κ1) is 20.7. The van der Waals surface area contributed by atoms with Crippen molar-refractivity contribution in [2.75, 3.05) is 19.1 Å². The summed E-state index contributed by atoms with van der Waals surface area (Å²) in [6.07, 6.45) is 0.832. The van der Waals surface area contributed by atoms with Crippen LogP contribution >= 0.6 is 23.4 Å². The maximum Gasteiger partial charge on any atom is 0.210 e. The van der Waals surface area contributed by atoms with Gasteiger partial charge in [-0.2, -0.15) is 0 Å². The molecule has 158 valence electrons. The number of hydrogen-bond donors (Lipinski definition) is 1. The van der Waals surface area contributed by atoms with Gasteiger partial charge in [-0.25, -0.2) is 4.68 Å². The molecule has 1 aliphatic rings. The molecule has 30 heavy (non-hydrogen) atoms. The Morgan fingerprint density at radius 1 is 1.10 bits per heavy atom. The fraction of sp³-hybridized carbons (Fsp3) is 0.333. The Labute approximate surface area is 184 Å². The number of halogens is 1. The zero-order chi connectivity index (χ0) is 21.1. The van der Waals surface area contributed by atoms with Gasteiger partial charge in [0.05, 0.1) is 18.2 Å². The molecular weight excluding hydrogens is 424 g/mol. The van der Waals surface area contributed by atoms with Crippen LogP contribution in [0, 0.1) is 13.8 Å². The zero-order valence-electron chi connectivity index (χ0n) is 16.9. The molecule has 0 bridgehead atoms. The predicted octanol–water partition coefficient (Wildman–Crippen LogP) is 4.29. The van der Waals surface area contributed by atoms with Crippen molar-refractivity contribution in [1.29, 1.82) is 0 Å². The van der Waals surface area contributed by atoms with Crippen LogP contribution in [-0.4, -0.2) is 28.1 Å². The van der Waals surface area contributed by atoms with E-state index in [0.29, 0.717) is 46.5 Å². The number of benzene rings is 2. The highest BCUT2D eigenvalue weighted by Gasteiger charge is 2.17. The second-order valence-electron chi connectivity index (χ2n) is 7.12. The van der Waals surface area contributed by atoms with E-state index in [1.807, 2.05) is 38.1 Å². The number of fused-ring (bicyclic) bond motifs is 1. The summed E-state index contributed by atoms with van der Waals surface area (Å²) in [5.41, 5.74) is 3.28. The van der Waals surface area contributed by atoms with Gasteiger partial charge in [0.1, 0.15) is 12.4 Å². The minimum absolute atomic E-state index is 0.239. The Balaban J connectivity index is 1.41. The molecule has 0 spiro atoms. The number of rotatable bonds is 6. The van der Waals surface area contributed by atoms with Crippen LogP contribution in [0.5, 0.6) is 17.2 Å². The zero-order valence-corrected chi connectivity index (χ0v) is 18.4. The van der Waals surface area contributed by atoms with E-state index in [-0.39, 0.29) is 6.61 Å². The second-order valence-corrected chi connectivity index (χ2v) is 8.47. The first-order valence-corrected chi connectivity index (χ1v) is 11.0. The minimum atomic E-state index is 0.239. The summed E-state index contributed by atoms with van der Waals surface area (Å²) in [5, 5.41) is 9.48. The SMILES string of the molecule is Cc1cc(C)cc(OCc2nnc(SCc3cc(Cl)c4c(c3)OCCCO4)n2N)c1. The molecule has 0 atom stereocenters. The van der Waals surface area contributed by atoms with E-state index >= 15 is 0 Å². The summed E-state index contributed by atoms with van der Waals surface area (Å²) in [6, 6.07) is 9.88. The minimum Gasteiger partial charge on any atom is -0.489 e. The molecule has 0 fully saturated rings. The van der Waals surface area contributed by atoms with E-state index in [4.69, 9.17) is 31.7 Å². The number of aryl methyl sites for hydroxylation is 2.